The number of aromatic amines is 1. The highest BCUT2D eigenvalue weighted by atomic mass is 32.2. The Hall–Kier alpha value is -2.26. The van der Waals surface area contributed by atoms with Crippen molar-refractivity contribution in [3.63, 3.8) is 0 Å². The number of thiazole rings is 1. The minimum atomic E-state index is -4.05. The van der Waals surface area contributed by atoms with Gasteiger partial charge in [0.2, 0.25) is 0 Å². The van der Waals surface area contributed by atoms with E-state index in [1.54, 1.807) is 0 Å². The van der Waals surface area contributed by atoms with Crippen molar-refractivity contribution in [1.82, 2.24) is 4.98 Å². The first-order chi connectivity index (χ1) is 10.3. The van der Waals surface area contributed by atoms with Gasteiger partial charge >= 0.3 is 4.87 Å². The van der Waals surface area contributed by atoms with Crippen LogP contribution >= 0.6 is 11.3 Å². The number of nitrogens with one attached hydrogen (secondary N) is 2. The first-order valence-electron chi connectivity index (χ1n) is 5.96. The summed E-state index contributed by atoms with van der Waals surface area (Å²) in [6, 6.07) is 6.57. The Morgan fingerprint density at radius 3 is 2.59 bits per heavy atom. The van der Waals surface area contributed by atoms with Crippen molar-refractivity contribution in [2.45, 2.75) is 4.90 Å². The maximum Gasteiger partial charge on any atom is 0.305 e. The van der Waals surface area contributed by atoms with Crippen LogP contribution in [0.15, 0.2) is 46.1 Å². The molecule has 3 aromatic rings. The predicted octanol–water partition coefficient (Wildman–Crippen LogP) is 2.67. The maximum absolute atomic E-state index is 13.5. The molecular weight excluding hydrogens is 334 g/mol. The monoisotopic (exact) mass is 342 g/mol. The molecule has 2 N–H and O–H groups in total. The summed E-state index contributed by atoms with van der Waals surface area (Å²) in [4.78, 5) is 13.3. The third kappa shape index (κ3) is 2.72. The van der Waals surface area contributed by atoms with Gasteiger partial charge in [0.25, 0.3) is 10.0 Å². The number of fused-ring (bicyclic) bond motifs is 1. The number of hydrogen-bond acceptors (Lipinski definition) is 4. The lowest BCUT2D eigenvalue weighted by molar-refractivity contribution is 0.583. The standard InChI is InChI=1S/C13H8F2N2O3S2/c14-7-1-3-10(9(15)5-7)17-22(19,20)8-2-4-11-12(6-8)21-13(18)16-11/h1-6,17H,(H,16,18). The van der Waals surface area contributed by atoms with Crippen molar-refractivity contribution >= 4 is 37.3 Å². The van der Waals surface area contributed by atoms with Gasteiger partial charge in [-0.15, -0.1) is 0 Å². The van der Waals surface area contributed by atoms with E-state index < -0.39 is 21.7 Å². The molecule has 0 saturated heterocycles. The van der Waals surface area contributed by atoms with E-state index in [2.05, 4.69) is 4.98 Å². The van der Waals surface area contributed by atoms with Crippen LogP contribution in [-0.4, -0.2) is 13.4 Å². The van der Waals surface area contributed by atoms with Crippen molar-refractivity contribution in [2.24, 2.45) is 0 Å². The highest BCUT2D eigenvalue weighted by Gasteiger charge is 2.17. The Labute approximate surface area is 127 Å². The molecule has 0 radical (unpaired) electrons. The normalized spacial score (nSPS) is 11.7. The smallest absolute Gasteiger partial charge is 0.305 e. The molecule has 0 saturated carbocycles. The number of benzene rings is 2. The van der Waals surface area contributed by atoms with Crippen LogP contribution < -0.4 is 9.60 Å². The average molecular weight is 342 g/mol. The lowest BCUT2D eigenvalue weighted by Crippen LogP contribution is -2.14. The van der Waals surface area contributed by atoms with Crippen molar-refractivity contribution in [3.05, 3.63) is 57.7 Å². The summed E-state index contributed by atoms with van der Waals surface area (Å²) in [5.74, 6) is -1.82. The summed E-state index contributed by atoms with van der Waals surface area (Å²) >= 11 is 0.867. The lowest BCUT2D eigenvalue weighted by atomic mass is 10.3. The van der Waals surface area contributed by atoms with E-state index in [9.17, 15) is 22.0 Å². The van der Waals surface area contributed by atoms with Crippen LogP contribution in [0.3, 0.4) is 0 Å². The molecule has 0 aliphatic carbocycles. The van der Waals surface area contributed by atoms with E-state index in [0.29, 0.717) is 16.3 Å². The quantitative estimate of drug-likeness (QED) is 0.768. The highest BCUT2D eigenvalue weighted by molar-refractivity contribution is 7.92. The topological polar surface area (TPSA) is 79.0 Å². The number of hydrogen-bond donors (Lipinski definition) is 2. The molecule has 0 amide bonds. The van der Waals surface area contributed by atoms with Crippen molar-refractivity contribution < 1.29 is 17.2 Å². The summed E-state index contributed by atoms with van der Waals surface area (Å²) in [5, 5.41) is 0. The molecule has 0 spiro atoms. The van der Waals surface area contributed by atoms with E-state index in [1.165, 1.54) is 18.2 Å². The number of halogens is 2. The summed E-state index contributed by atoms with van der Waals surface area (Å²) in [6.45, 7) is 0. The molecular formula is C13H8F2N2O3S2. The third-order valence-corrected chi connectivity index (χ3v) is 5.09. The molecule has 9 heteroatoms. The van der Waals surface area contributed by atoms with Gasteiger partial charge in [-0.1, -0.05) is 11.3 Å². The molecule has 0 aliphatic heterocycles. The average Bonchev–Trinajstić information content (AvgIpc) is 2.81. The number of aromatic nitrogens is 1. The van der Waals surface area contributed by atoms with E-state index in [1.807, 2.05) is 4.72 Å². The van der Waals surface area contributed by atoms with Crippen LogP contribution in [0.1, 0.15) is 0 Å². The SMILES string of the molecule is O=c1[nH]c2ccc(S(=O)(=O)Nc3ccc(F)cc3F)cc2s1. The Morgan fingerprint density at radius 2 is 1.86 bits per heavy atom. The zero-order valence-corrected chi connectivity index (χ0v) is 12.4. The molecule has 3 rings (SSSR count). The van der Waals surface area contributed by atoms with Crippen LogP contribution in [-0.2, 0) is 10.0 Å². The molecule has 1 aromatic heterocycles. The summed E-state index contributed by atoms with van der Waals surface area (Å²) in [6.07, 6.45) is 0. The van der Waals surface area contributed by atoms with Gasteiger partial charge < -0.3 is 4.98 Å². The Morgan fingerprint density at radius 1 is 1.09 bits per heavy atom. The second-order valence-electron chi connectivity index (χ2n) is 4.40. The third-order valence-electron chi connectivity index (χ3n) is 2.88. The molecule has 1 heterocycles. The fourth-order valence-corrected chi connectivity index (χ4v) is 3.81. The van der Waals surface area contributed by atoms with Gasteiger partial charge in [-0.2, -0.15) is 0 Å². The van der Waals surface area contributed by atoms with Crippen LogP contribution in [0.2, 0.25) is 0 Å². The Balaban J connectivity index is 2.01. The van der Waals surface area contributed by atoms with Crippen LogP contribution in [0, 0.1) is 11.6 Å². The molecule has 0 atom stereocenters. The largest absolute Gasteiger partial charge is 0.312 e. The molecule has 0 bridgehead atoms. The summed E-state index contributed by atoms with van der Waals surface area (Å²) < 4.78 is 53.4. The summed E-state index contributed by atoms with van der Waals surface area (Å²) in [7, 11) is -4.05. The zero-order valence-electron chi connectivity index (χ0n) is 10.8. The van der Waals surface area contributed by atoms with E-state index >= 15 is 0 Å². The Bertz CT molecular complexity index is 1030. The fourth-order valence-electron chi connectivity index (χ4n) is 1.87. The van der Waals surface area contributed by atoms with Crippen LogP contribution in [0.25, 0.3) is 10.2 Å². The molecule has 2 aromatic carbocycles. The van der Waals surface area contributed by atoms with Crippen molar-refractivity contribution in [2.75, 3.05) is 4.72 Å². The maximum atomic E-state index is 13.5. The van der Waals surface area contributed by atoms with Crippen LogP contribution in [0.5, 0.6) is 0 Å². The summed E-state index contributed by atoms with van der Waals surface area (Å²) in [5.41, 5.74) is 0.158. The molecule has 114 valence electrons. The minimum absolute atomic E-state index is 0.126. The Kier molecular flexibility index (Phi) is 3.45. The van der Waals surface area contributed by atoms with Gasteiger partial charge in [0.05, 0.1) is 20.8 Å². The van der Waals surface area contributed by atoms with Crippen molar-refractivity contribution in [3.8, 4) is 0 Å². The van der Waals surface area contributed by atoms with E-state index in [0.717, 1.165) is 23.5 Å². The molecule has 0 unspecified atom stereocenters. The number of H-pyrrole nitrogens is 1. The fraction of sp³-hybridized carbons (Fsp3) is 0. The first kappa shape index (κ1) is 14.7. The van der Waals surface area contributed by atoms with E-state index in [4.69, 9.17) is 0 Å². The highest BCUT2D eigenvalue weighted by Crippen LogP contribution is 2.23. The van der Waals surface area contributed by atoms with Gasteiger partial charge in [0.1, 0.15) is 11.6 Å². The van der Waals surface area contributed by atoms with Gasteiger partial charge in [-0.05, 0) is 30.3 Å². The van der Waals surface area contributed by atoms with Gasteiger partial charge in [0, 0.05) is 6.07 Å². The van der Waals surface area contributed by atoms with E-state index in [-0.39, 0.29) is 15.5 Å². The molecule has 22 heavy (non-hydrogen) atoms. The van der Waals surface area contributed by atoms with Gasteiger partial charge in [-0.3, -0.25) is 9.52 Å². The number of sulfonamides is 1. The molecule has 0 aliphatic rings. The lowest BCUT2D eigenvalue weighted by Gasteiger charge is -2.09. The minimum Gasteiger partial charge on any atom is -0.312 e. The second-order valence-corrected chi connectivity index (χ2v) is 7.10. The van der Waals surface area contributed by atoms with Gasteiger partial charge in [-0.25, -0.2) is 17.2 Å². The van der Waals surface area contributed by atoms with Gasteiger partial charge in [0.15, 0.2) is 0 Å². The molecule has 5 nitrogen and oxygen atoms in total. The zero-order chi connectivity index (χ0) is 15.9. The van der Waals surface area contributed by atoms with Crippen LogP contribution in [0.4, 0.5) is 14.5 Å². The van der Waals surface area contributed by atoms with Crippen molar-refractivity contribution in [1.29, 1.82) is 0 Å². The first-order valence-corrected chi connectivity index (χ1v) is 8.26. The second kappa shape index (κ2) is 5.18. The number of rotatable bonds is 3. The number of anilines is 1. The predicted molar refractivity (Wildman–Crippen MR) is 79.6 cm³/mol. The molecule has 0 fully saturated rings.